The molecule has 19 heavy (non-hydrogen) atoms. The van der Waals surface area contributed by atoms with Crippen molar-refractivity contribution < 1.29 is 0 Å². The highest BCUT2D eigenvalue weighted by Crippen LogP contribution is 2.21. The lowest BCUT2D eigenvalue weighted by Gasteiger charge is -2.26. The Hall–Kier alpha value is -0.980. The van der Waals surface area contributed by atoms with E-state index in [1.165, 1.54) is 12.8 Å². The Balaban J connectivity index is -0.000000361. The van der Waals surface area contributed by atoms with Gasteiger partial charge in [-0.25, -0.2) is 0 Å². The predicted octanol–water partition coefficient (Wildman–Crippen LogP) is 5.96. The lowest BCUT2D eigenvalue weighted by Crippen LogP contribution is -2.29. The van der Waals surface area contributed by atoms with E-state index in [1.807, 2.05) is 6.08 Å². The van der Waals surface area contributed by atoms with E-state index in [2.05, 4.69) is 73.2 Å². The van der Waals surface area contributed by atoms with Crippen LogP contribution < -0.4 is 5.32 Å². The zero-order valence-corrected chi connectivity index (χ0v) is 14.3. The predicted molar refractivity (Wildman–Crippen MR) is 92.4 cm³/mol. The van der Waals surface area contributed by atoms with Crippen molar-refractivity contribution in [1.82, 2.24) is 5.32 Å². The molecule has 0 bridgehead atoms. The minimum Gasteiger partial charge on any atom is -0.388 e. The van der Waals surface area contributed by atoms with Crippen LogP contribution in [0.25, 0.3) is 0 Å². The van der Waals surface area contributed by atoms with E-state index < -0.39 is 0 Å². The summed E-state index contributed by atoms with van der Waals surface area (Å²) in [6.45, 7) is 27.8. The minimum absolute atomic E-state index is 0.395. The second kappa shape index (κ2) is 15.1. The van der Waals surface area contributed by atoms with Gasteiger partial charge >= 0.3 is 0 Å². The van der Waals surface area contributed by atoms with E-state index in [1.54, 1.807) is 0 Å². The van der Waals surface area contributed by atoms with Crippen LogP contribution in [-0.2, 0) is 0 Å². The molecule has 0 amide bonds. The van der Waals surface area contributed by atoms with Gasteiger partial charge in [0.2, 0.25) is 0 Å². The van der Waals surface area contributed by atoms with Gasteiger partial charge in [-0.3, -0.25) is 0 Å². The molecule has 0 atom stereocenters. The van der Waals surface area contributed by atoms with Crippen LogP contribution >= 0.6 is 0 Å². The fraction of sp³-hybridized carbons (Fsp3) is 0.667. The second-order valence-electron chi connectivity index (χ2n) is 5.64. The van der Waals surface area contributed by atoms with Gasteiger partial charge in [-0.2, -0.15) is 0 Å². The molecule has 0 heterocycles. The second-order valence-corrected chi connectivity index (χ2v) is 5.64. The molecular formula is C18H37N. The van der Waals surface area contributed by atoms with E-state index in [-0.39, 0.29) is 0 Å². The summed E-state index contributed by atoms with van der Waals surface area (Å²) in [4.78, 5) is 0. The molecule has 0 spiro atoms. The number of hydrogen-bond donors (Lipinski definition) is 1. The average molecular weight is 268 g/mol. The van der Waals surface area contributed by atoms with Crippen LogP contribution in [0, 0.1) is 11.3 Å². The van der Waals surface area contributed by atoms with Gasteiger partial charge in [0, 0.05) is 12.2 Å². The summed E-state index contributed by atoms with van der Waals surface area (Å²) in [5.41, 5.74) is 1.55. The van der Waals surface area contributed by atoms with Gasteiger partial charge in [-0.05, 0) is 24.2 Å². The molecule has 1 nitrogen and oxygen atoms in total. The first-order valence-corrected chi connectivity index (χ1v) is 7.34. The standard InChI is InChI=1S/C12H25N.C4H8.C2H4/c1-7-8-12(5,6)9-13-11(4)10(2)3;1-3-4-2;1-2/h10,13H,4,7-9H2,1-3,5-6H3;3H,1,4H2,2H3;1-2H2. The highest BCUT2D eigenvalue weighted by atomic mass is 14.9. The van der Waals surface area contributed by atoms with Crippen molar-refractivity contribution in [2.75, 3.05) is 6.54 Å². The SMILES string of the molecule is C=C.C=C(NCC(C)(C)CCC)C(C)C.C=CCC. The first-order valence-electron chi connectivity index (χ1n) is 7.34. The van der Waals surface area contributed by atoms with Crippen molar-refractivity contribution in [3.05, 3.63) is 38.1 Å². The number of rotatable bonds is 7. The monoisotopic (exact) mass is 267 g/mol. The Bertz CT molecular complexity index is 214. The fourth-order valence-electron chi connectivity index (χ4n) is 1.32. The third-order valence-corrected chi connectivity index (χ3v) is 2.71. The Morgan fingerprint density at radius 1 is 1.21 bits per heavy atom. The van der Waals surface area contributed by atoms with E-state index in [4.69, 9.17) is 0 Å². The Morgan fingerprint density at radius 2 is 1.63 bits per heavy atom. The van der Waals surface area contributed by atoms with Gasteiger partial charge in [-0.1, -0.05) is 60.6 Å². The van der Waals surface area contributed by atoms with Crippen molar-refractivity contribution in [2.45, 2.75) is 60.8 Å². The van der Waals surface area contributed by atoms with Crippen molar-refractivity contribution in [2.24, 2.45) is 11.3 Å². The maximum atomic E-state index is 4.01. The van der Waals surface area contributed by atoms with Crippen LogP contribution in [0.2, 0.25) is 0 Å². The minimum atomic E-state index is 0.395. The van der Waals surface area contributed by atoms with Gasteiger partial charge in [0.15, 0.2) is 0 Å². The molecule has 0 aliphatic rings. The molecule has 0 aliphatic carbocycles. The van der Waals surface area contributed by atoms with Crippen molar-refractivity contribution in [3.63, 3.8) is 0 Å². The van der Waals surface area contributed by atoms with Crippen LogP contribution in [-0.4, -0.2) is 6.54 Å². The molecular weight excluding hydrogens is 230 g/mol. The molecule has 0 aromatic carbocycles. The van der Waals surface area contributed by atoms with Crippen LogP contribution in [0.5, 0.6) is 0 Å². The van der Waals surface area contributed by atoms with Crippen molar-refractivity contribution in [1.29, 1.82) is 0 Å². The summed E-state index contributed by atoms with van der Waals surface area (Å²) in [7, 11) is 0. The Morgan fingerprint density at radius 3 is 1.89 bits per heavy atom. The summed E-state index contributed by atoms with van der Waals surface area (Å²) >= 11 is 0. The average Bonchev–Trinajstić information content (AvgIpc) is 2.38. The highest BCUT2D eigenvalue weighted by Gasteiger charge is 2.16. The van der Waals surface area contributed by atoms with E-state index >= 15 is 0 Å². The van der Waals surface area contributed by atoms with Crippen LogP contribution in [0.4, 0.5) is 0 Å². The zero-order chi connectivity index (χ0) is 15.9. The molecule has 1 heteroatoms. The van der Waals surface area contributed by atoms with E-state index in [0.717, 1.165) is 18.7 Å². The molecule has 0 aromatic rings. The van der Waals surface area contributed by atoms with Gasteiger partial charge in [0.1, 0.15) is 0 Å². The molecule has 114 valence electrons. The lowest BCUT2D eigenvalue weighted by atomic mass is 9.88. The largest absolute Gasteiger partial charge is 0.388 e. The first-order chi connectivity index (χ1) is 8.80. The molecule has 0 radical (unpaired) electrons. The molecule has 0 unspecified atom stereocenters. The Kier molecular flexibility index (Phi) is 18.4. The highest BCUT2D eigenvalue weighted by molar-refractivity contribution is 4.95. The summed E-state index contributed by atoms with van der Waals surface area (Å²) in [5, 5.41) is 3.41. The summed E-state index contributed by atoms with van der Waals surface area (Å²) in [5.74, 6) is 0.539. The number of allylic oxidation sites excluding steroid dienone is 2. The summed E-state index contributed by atoms with van der Waals surface area (Å²) in [6.07, 6.45) is 5.48. The topological polar surface area (TPSA) is 12.0 Å². The van der Waals surface area contributed by atoms with E-state index in [9.17, 15) is 0 Å². The molecule has 0 rings (SSSR count). The van der Waals surface area contributed by atoms with Gasteiger partial charge < -0.3 is 5.32 Å². The quantitative estimate of drug-likeness (QED) is 0.561. The fourth-order valence-corrected chi connectivity index (χ4v) is 1.32. The maximum Gasteiger partial charge on any atom is 0.0195 e. The van der Waals surface area contributed by atoms with Crippen LogP contribution in [0.3, 0.4) is 0 Å². The summed E-state index contributed by atoms with van der Waals surface area (Å²) in [6, 6.07) is 0. The van der Waals surface area contributed by atoms with Crippen molar-refractivity contribution >= 4 is 0 Å². The number of hydrogen-bond acceptors (Lipinski definition) is 1. The molecule has 0 aromatic heterocycles. The van der Waals surface area contributed by atoms with Gasteiger partial charge in [0.25, 0.3) is 0 Å². The van der Waals surface area contributed by atoms with Gasteiger partial charge in [0.05, 0.1) is 0 Å². The maximum absolute atomic E-state index is 4.01. The molecule has 1 N–H and O–H groups in total. The number of nitrogens with one attached hydrogen (secondary N) is 1. The van der Waals surface area contributed by atoms with E-state index in [0.29, 0.717) is 11.3 Å². The Labute approximate surface area is 122 Å². The van der Waals surface area contributed by atoms with Crippen LogP contribution in [0.1, 0.15) is 60.8 Å². The smallest absolute Gasteiger partial charge is 0.0195 e. The van der Waals surface area contributed by atoms with Crippen molar-refractivity contribution in [3.8, 4) is 0 Å². The molecule has 0 aliphatic heterocycles. The normalized spacial score (nSPS) is 9.63. The zero-order valence-electron chi connectivity index (χ0n) is 14.3. The van der Waals surface area contributed by atoms with Gasteiger partial charge in [-0.15, -0.1) is 19.7 Å². The third-order valence-electron chi connectivity index (χ3n) is 2.71. The lowest BCUT2D eigenvalue weighted by molar-refractivity contribution is 0.318. The third kappa shape index (κ3) is 19.5. The first kappa shape index (κ1) is 23.1. The molecule has 0 fully saturated rings. The molecule has 0 saturated carbocycles. The molecule has 0 saturated heterocycles. The van der Waals surface area contributed by atoms with Crippen LogP contribution in [0.15, 0.2) is 38.1 Å². The summed E-state index contributed by atoms with van der Waals surface area (Å²) < 4.78 is 0.